The van der Waals surface area contributed by atoms with Gasteiger partial charge in [-0.05, 0) is 11.8 Å². The Balaban J connectivity index is 0. The van der Waals surface area contributed by atoms with E-state index in [-0.39, 0.29) is 29.6 Å². The molecule has 0 saturated heterocycles. The first kappa shape index (κ1) is 11.0. The van der Waals surface area contributed by atoms with Gasteiger partial charge in [0.15, 0.2) is 10.3 Å². The molecule has 0 unspecified atom stereocenters. The molecule has 0 aliphatic rings. The molecule has 38 valence electrons. The van der Waals surface area contributed by atoms with Crippen molar-refractivity contribution in [2.75, 3.05) is 0 Å². The van der Waals surface area contributed by atoms with Crippen LogP contribution in [0, 0.1) is 0 Å². The molecule has 0 fully saturated rings. The van der Waals surface area contributed by atoms with Crippen molar-refractivity contribution in [3.05, 3.63) is 0 Å². The van der Waals surface area contributed by atoms with Crippen LogP contribution in [0.5, 0.6) is 0 Å². The van der Waals surface area contributed by atoms with Crippen molar-refractivity contribution in [1.82, 2.24) is 4.24 Å². The quantitative estimate of drug-likeness (QED) is 0.239. The fraction of sp³-hybridized carbons (Fsp3) is 0. The summed E-state index contributed by atoms with van der Waals surface area (Å²) in [5.41, 5.74) is 0. The second-order valence-electron chi connectivity index (χ2n) is 0.531. The predicted molar refractivity (Wildman–Crippen MR) is 18.7 cm³/mol. The van der Waals surface area contributed by atoms with Gasteiger partial charge < -0.3 is 4.55 Å². The third kappa shape index (κ3) is 11.0. The van der Waals surface area contributed by atoms with Crippen molar-refractivity contribution in [1.29, 1.82) is 0 Å². The largest absolute Gasteiger partial charge is 1.00 e. The van der Waals surface area contributed by atoms with Crippen LogP contribution >= 0.6 is 11.8 Å². The van der Waals surface area contributed by atoms with Crippen LogP contribution in [-0.4, -0.2) is 13.0 Å². The minimum absolute atomic E-state index is 0. The molecule has 7 heteroatoms. The van der Waals surface area contributed by atoms with Crippen LogP contribution < -0.4 is 33.8 Å². The second-order valence-corrected chi connectivity index (χ2v) is 2.06. The first-order valence-electron chi connectivity index (χ1n) is 0.893. The maximum Gasteiger partial charge on any atom is 1.00 e. The summed E-state index contributed by atoms with van der Waals surface area (Å²) >= 11 is 4.33. The summed E-state index contributed by atoms with van der Waals surface area (Å²) in [6, 6.07) is 0. The number of halogens is 1. The van der Waals surface area contributed by atoms with Crippen LogP contribution in [-0.2, 0) is 10.3 Å². The van der Waals surface area contributed by atoms with E-state index in [1.54, 1.807) is 0 Å². The van der Waals surface area contributed by atoms with E-state index in [1.165, 1.54) is 0 Å². The summed E-state index contributed by atoms with van der Waals surface area (Å²) in [6.45, 7) is 0. The van der Waals surface area contributed by atoms with Gasteiger partial charge in [-0.2, -0.15) is 0 Å². The van der Waals surface area contributed by atoms with Gasteiger partial charge in [0.1, 0.15) is 0 Å². The standard InChI is InChI=1S/ClH2NO3S.Na/c1-2-6(3,4)5;/h2H,(H,3,4,5);/q;+1/p-1. The first-order valence-corrected chi connectivity index (χ1v) is 2.68. The van der Waals surface area contributed by atoms with Crippen molar-refractivity contribution in [2.45, 2.75) is 0 Å². The SMILES string of the molecule is O=S(=O)([O-])NCl.[Na+]. The monoisotopic (exact) mass is 153 g/mol. The Hall–Kier alpha value is 1.16. The molecule has 0 bridgehead atoms. The molecule has 0 aromatic carbocycles. The van der Waals surface area contributed by atoms with E-state index in [2.05, 4.69) is 11.8 Å². The average molecular weight is 154 g/mol. The Bertz CT molecular complexity index is 117. The Kier molecular flexibility index (Phi) is 6.43. The molecule has 4 nitrogen and oxygen atoms in total. The number of hydrogen-bond acceptors (Lipinski definition) is 3. The number of rotatable bonds is 1. The molecular formula is HClNNaO3S. The van der Waals surface area contributed by atoms with Gasteiger partial charge in [0.2, 0.25) is 0 Å². The smallest absolute Gasteiger partial charge is 0.735 e. The summed E-state index contributed by atoms with van der Waals surface area (Å²) in [5, 5.41) is 0. The molecule has 0 aromatic heterocycles. The van der Waals surface area contributed by atoms with Gasteiger partial charge in [0.05, 0.1) is 0 Å². The zero-order valence-electron chi connectivity index (χ0n) is 3.51. The van der Waals surface area contributed by atoms with E-state index >= 15 is 0 Å². The minimum Gasteiger partial charge on any atom is -0.735 e. The third-order valence-electron chi connectivity index (χ3n) is 0.0945. The van der Waals surface area contributed by atoms with Gasteiger partial charge in [0.25, 0.3) is 0 Å². The van der Waals surface area contributed by atoms with E-state index in [4.69, 9.17) is 0 Å². The predicted octanol–water partition coefficient (Wildman–Crippen LogP) is -3.81. The summed E-state index contributed by atoms with van der Waals surface area (Å²) < 4.78 is 28.6. The van der Waals surface area contributed by atoms with E-state index in [0.29, 0.717) is 0 Å². The van der Waals surface area contributed by atoms with Crippen molar-refractivity contribution >= 4 is 22.1 Å². The number of hydrogen-bond donors (Lipinski definition) is 1. The van der Waals surface area contributed by atoms with Gasteiger partial charge in [-0.3, -0.25) is 0 Å². The van der Waals surface area contributed by atoms with Crippen molar-refractivity contribution in [2.24, 2.45) is 0 Å². The van der Waals surface area contributed by atoms with Crippen molar-refractivity contribution in [3.63, 3.8) is 0 Å². The topological polar surface area (TPSA) is 69.2 Å². The van der Waals surface area contributed by atoms with E-state index in [0.717, 1.165) is 4.24 Å². The molecule has 0 amide bonds. The molecule has 0 atom stereocenters. The Morgan fingerprint density at radius 2 is 1.71 bits per heavy atom. The molecule has 1 N–H and O–H groups in total. The van der Waals surface area contributed by atoms with Gasteiger partial charge in [0, 0.05) is 0 Å². The molecule has 0 saturated carbocycles. The fourth-order valence-corrected chi connectivity index (χ4v) is 0. The van der Waals surface area contributed by atoms with Crippen LogP contribution in [0.4, 0.5) is 0 Å². The zero-order valence-corrected chi connectivity index (χ0v) is 7.08. The van der Waals surface area contributed by atoms with E-state index in [1.807, 2.05) is 0 Å². The molecule has 7 heavy (non-hydrogen) atoms. The number of nitrogens with one attached hydrogen (secondary N) is 1. The Morgan fingerprint density at radius 1 is 1.57 bits per heavy atom. The van der Waals surface area contributed by atoms with Crippen LogP contribution in [0.3, 0.4) is 0 Å². The van der Waals surface area contributed by atoms with Gasteiger partial charge in [-0.1, -0.05) is 0 Å². The summed E-state index contributed by atoms with van der Waals surface area (Å²) in [4.78, 5) is 0. The Labute approximate surface area is 68.5 Å². The molecule has 0 rings (SSSR count). The van der Waals surface area contributed by atoms with Crippen LogP contribution in [0.15, 0.2) is 0 Å². The van der Waals surface area contributed by atoms with E-state index < -0.39 is 10.3 Å². The maximum atomic E-state index is 9.20. The maximum absolute atomic E-state index is 9.20. The second kappa shape index (κ2) is 4.08. The summed E-state index contributed by atoms with van der Waals surface area (Å²) in [5.74, 6) is 0. The van der Waals surface area contributed by atoms with Gasteiger partial charge >= 0.3 is 29.6 Å². The summed E-state index contributed by atoms with van der Waals surface area (Å²) in [7, 11) is -4.40. The van der Waals surface area contributed by atoms with Gasteiger partial charge in [-0.15, -0.1) is 4.24 Å². The first-order chi connectivity index (χ1) is 2.56. The van der Waals surface area contributed by atoms with Crippen LogP contribution in [0.2, 0.25) is 0 Å². The summed E-state index contributed by atoms with van der Waals surface area (Å²) in [6.07, 6.45) is 0. The van der Waals surface area contributed by atoms with Gasteiger partial charge in [-0.25, -0.2) is 8.42 Å². The molecule has 0 aliphatic heterocycles. The molecule has 0 aromatic rings. The average Bonchev–Trinajstić information content (AvgIpc) is 1.35. The normalized spacial score (nSPS) is 10.0. The van der Waals surface area contributed by atoms with Crippen LogP contribution in [0.1, 0.15) is 0 Å². The zero-order chi connectivity index (χ0) is 5.21. The van der Waals surface area contributed by atoms with Crippen molar-refractivity contribution in [3.8, 4) is 0 Å². The van der Waals surface area contributed by atoms with Crippen LogP contribution in [0.25, 0.3) is 0 Å². The third-order valence-corrected chi connectivity index (χ3v) is 0.850. The Morgan fingerprint density at radius 3 is 1.71 bits per heavy atom. The van der Waals surface area contributed by atoms with Crippen molar-refractivity contribution < 1.29 is 42.5 Å². The molecule has 0 aliphatic carbocycles. The fourth-order valence-electron chi connectivity index (χ4n) is 0. The molecular weight excluding hydrogens is 153 g/mol. The molecule has 0 radical (unpaired) electrons. The van der Waals surface area contributed by atoms with E-state index in [9.17, 15) is 13.0 Å². The minimum atomic E-state index is -4.40. The molecule has 0 spiro atoms. The molecule has 0 heterocycles.